The molecular weight excluding hydrogens is 299 g/mol. The molecule has 0 radical (unpaired) electrons. The second kappa shape index (κ2) is 5.23. The minimum atomic E-state index is -4.96. The van der Waals surface area contributed by atoms with Gasteiger partial charge in [-0.15, -0.1) is 13.2 Å². The van der Waals surface area contributed by atoms with Crippen molar-refractivity contribution in [1.29, 1.82) is 0 Å². The van der Waals surface area contributed by atoms with Gasteiger partial charge >= 0.3 is 6.36 Å². The largest absolute Gasteiger partial charge is 0.573 e. The highest BCUT2D eigenvalue weighted by Gasteiger charge is 2.39. The van der Waals surface area contributed by atoms with E-state index in [1.807, 2.05) is 0 Å². The van der Waals surface area contributed by atoms with Crippen molar-refractivity contribution in [3.05, 3.63) is 24.3 Å². The van der Waals surface area contributed by atoms with Gasteiger partial charge in [-0.3, -0.25) is 0 Å². The maximum absolute atomic E-state index is 12.3. The Labute approximate surface area is 113 Å². The van der Waals surface area contributed by atoms with Crippen LogP contribution in [-0.2, 0) is 10.0 Å². The van der Waals surface area contributed by atoms with Gasteiger partial charge in [-0.05, 0) is 12.1 Å². The molecule has 0 unspecified atom stereocenters. The van der Waals surface area contributed by atoms with Gasteiger partial charge in [0, 0.05) is 25.6 Å². The van der Waals surface area contributed by atoms with Crippen molar-refractivity contribution in [1.82, 2.24) is 4.31 Å². The number of para-hydroxylation sites is 1. The van der Waals surface area contributed by atoms with Crippen LogP contribution in [0, 0.1) is 5.92 Å². The molecule has 1 aromatic rings. The number of ether oxygens (including phenoxy) is 1. The lowest BCUT2D eigenvalue weighted by Gasteiger charge is -2.37. The van der Waals surface area contributed by atoms with Gasteiger partial charge in [0.25, 0.3) is 0 Å². The normalized spacial score (nSPS) is 17.8. The summed E-state index contributed by atoms with van der Waals surface area (Å²) in [4.78, 5) is -0.534. The van der Waals surface area contributed by atoms with E-state index in [1.54, 1.807) is 0 Å². The summed E-state index contributed by atoms with van der Waals surface area (Å²) in [7, 11) is -4.05. The summed E-state index contributed by atoms with van der Waals surface area (Å²) < 4.78 is 65.9. The van der Waals surface area contributed by atoms with E-state index < -0.39 is 27.0 Å². The van der Waals surface area contributed by atoms with Gasteiger partial charge in [0.2, 0.25) is 10.0 Å². The molecule has 1 aromatic carbocycles. The van der Waals surface area contributed by atoms with Crippen LogP contribution in [-0.4, -0.2) is 43.9 Å². The predicted octanol–water partition coefficient (Wildman–Crippen LogP) is 1.20. The standard InChI is InChI=1S/C11H12F3NO4S/c12-11(13,14)19-9-3-1-2-4-10(9)20(17,18)15-5-8(6-15)7-16/h1-4,8,16H,5-7H2. The number of hydrogen-bond donors (Lipinski definition) is 1. The number of alkyl halides is 3. The molecule has 0 amide bonds. The highest BCUT2D eigenvalue weighted by Crippen LogP contribution is 2.33. The Morgan fingerprint density at radius 3 is 2.45 bits per heavy atom. The zero-order valence-electron chi connectivity index (χ0n) is 10.2. The van der Waals surface area contributed by atoms with Gasteiger partial charge in [-0.1, -0.05) is 12.1 Å². The molecular formula is C11H12F3NO4S. The molecule has 1 aliphatic rings. The van der Waals surface area contributed by atoms with Crippen molar-refractivity contribution >= 4 is 10.0 Å². The first-order valence-electron chi connectivity index (χ1n) is 5.70. The van der Waals surface area contributed by atoms with Crippen LogP contribution in [0.25, 0.3) is 0 Å². The topological polar surface area (TPSA) is 66.8 Å². The van der Waals surface area contributed by atoms with E-state index in [1.165, 1.54) is 12.1 Å². The lowest BCUT2D eigenvalue weighted by atomic mass is 10.1. The molecule has 9 heteroatoms. The van der Waals surface area contributed by atoms with E-state index in [2.05, 4.69) is 4.74 Å². The minimum absolute atomic E-state index is 0.0825. The highest BCUT2D eigenvalue weighted by molar-refractivity contribution is 7.89. The fourth-order valence-corrected chi connectivity index (χ4v) is 3.55. The summed E-state index contributed by atoms with van der Waals surface area (Å²) in [6.07, 6.45) is -4.96. The summed E-state index contributed by atoms with van der Waals surface area (Å²) in [6, 6.07) is 4.58. The lowest BCUT2D eigenvalue weighted by molar-refractivity contribution is -0.275. The molecule has 0 saturated carbocycles. The van der Waals surface area contributed by atoms with Crippen LogP contribution in [0.15, 0.2) is 29.2 Å². The first-order chi connectivity index (χ1) is 9.24. The SMILES string of the molecule is O=S(=O)(c1ccccc1OC(F)(F)F)N1CC(CO)C1. The first kappa shape index (κ1) is 15.1. The molecule has 1 fully saturated rings. The molecule has 1 saturated heterocycles. The smallest absolute Gasteiger partial charge is 0.404 e. The highest BCUT2D eigenvalue weighted by atomic mass is 32.2. The molecule has 5 nitrogen and oxygen atoms in total. The van der Waals surface area contributed by atoms with E-state index in [0.717, 1.165) is 16.4 Å². The summed E-state index contributed by atoms with van der Waals surface area (Å²) in [5, 5.41) is 8.85. The van der Waals surface area contributed by atoms with Crippen LogP contribution in [0.1, 0.15) is 0 Å². The molecule has 0 aliphatic carbocycles. The number of aliphatic hydroxyl groups is 1. The Balaban J connectivity index is 2.28. The molecule has 20 heavy (non-hydrogen) atoms. The molecule has 0 aromatic heterocycles. The Morgan fingerprint density at radius 2 is 1.90 bits per heavy atom. The van der Waals surface area contributed by atoms with Crippen LogP contribution < -0.4 is 4.74 Å². The second-order valence-corrected chi connectivity index (χ2v) is 6.27. The molecule has 2 rings (SSSR count). The molecule has 1 aliphatic heterocycles. The second-order valence-electron chi connectivity index (χ2n) is 4.37. The monoisotopic (exact) mass is 311 g/mol. The number of halogens is 3. The van der Waals surface area contributed by atoms with Gasteiger partial charge in [0.15, 0.2) is 0 Å². The first-order valence-corrected chi connectivity index (χ1v) is 7.14. The molecule has 0 bridgehead atoms. The Bertz CT molecular complexity index is 582. The lowest BCUT2D eigenvalue weighted by Crippen LogP contribution is -2.51. The van der Waals surface area contributed by atoms with E-state index in [9.17, 15) is 21.6 Å². The Hall–Kier alpha value is -1.32. The van der Waals surface area contributed by atoms with Gasteiger partial charge in [-0.25, -0.2) is 8.42 Å². The van der Waals surface area contributed by atoms with Gasteiger partial charge in [0.05, 0.1) is 0 Å². The Morgan fingerprint density at radius 1 is 1.30 bits per heavy atom. The van der Waals surface area contributed by atoms with E-state index in [-0.39, 0.29) is 25.6 Å². The molecule has 0 spiro atoms. The third-order valence-electron chi connectivity index (χ3n) is 2.87. The van der Waals surface area contributed by atoms with Crippen molar-refractivity contribution < 1.29 is 31.4 Å². The summed E-state index contributed by atoms with van der Waals surface area (Å²) in [5.41, 5.74) is 0. The summed E-state index contributed by atoms with van der Waals surface area (Å²) >= 11 is 0. The molecule has 112 valence electrons. The quantitative estimate of drug-likeness (QED) is 0.907. The number of benzene rings is 1. The summed E-state index contributed by atoms with van der Waals surface area (Å²) in [5.74, 6) is -0.937. The Kier molecular flexibility index (Phi) is 3.94. The van der Waals surface area contributed by atoms with Gasteiger partial charge in [-0.2, -0.15) is 4.31 Å². The average Bonchev–Trinajstić information content (AvgIpc) is 2.25. The zero-order valence-corrected chi connectivity index (χ0v) is 11.0. The fraction of sp³-hybridized carbons (Fsp3) is 0.455. The van der Waals surface area contributed by atoms with Crippen LogP contribution in [0.3, 0.4) is 0 Å². The van der Waals surface area contributed by atoms with Gasteiger partial charge < -0.3 is 9.84 Å². The maximum atomic E-state index is 12.3. The van der Waals surface area contributed by atoms with Crippen molar-refractivity contribution in [2.45, 2.75) is 11.3 Å². The number of sulfonamides is 1. The van der Waals surface area contributed by atoms with Crippen LogP contribution >= 0.6 is 0 Å². The number of rotatable bonds is 4. The van der Waals surface area contributed by atoms with Crippen molar-refractivity contribution in [3.8, 4) is 5.75 Å². The maximum Gasteiger partial charge on any atom is 0.573 e. The number of aliphatic hydroxyl groups excluding tert-OH is 1. The van der Waals surface area contributed by atoms with E-state index in [4.69, 9.17) is 5.11 Å². The summed E-state index contributed by atoms with van der Waals surface area (Å²) in [6.45, 7) is 0.00505. The van der Waals surface area contributed by atoms with Crippen LogP contribution in [0.5, 0.6) is 5.75 Å². The van der Waals surface area contributed by atoms with Gasteiger partial charge in [0.1, 0.15) is 10.6 Å². The predicted molar refractivity (Wildman–Crippen MR) is 62.5 cm³/mol. The third kappa shape index (κ3) is 3.05. The van der Waals surface area contributed by atoms with E-state index >= 15 is 0 Å². The van der Waals surface area contributed by atoms with Crippen LogP contribution in [0.4, 0.5) is 13.2 Å². The average molecular weight is 311 g/mol. The van der Waals surface area contributed by atoms with E-state index in [0.29, 0.717) is 0 Å². The van der Waals surface area contributed by atoms with Crippen molar-refractivity contribution in [2.75, 3.05) is 19.7 Å². The van der Waals surface area contributed by atoms with Crippen LogP contribution in [0.2, 0.25) is 0 Å². The van der Waals surface area contributed by atoms with Crippen molar-refractivity contribution in [2.24, 2.45) is 5.92 Å². The molecule has 0 atom stereocenters. The van der Waals surface area contributed by atoms with Crippen molar-refractivity contribution in [3.63, 3.8) is 0 Å². The third-order valence-corrected chi connectivity index (χ3v) is 4.75. The number of nitrogens with zero attached hydrogens (tertiary/aromatic N) is 1. The zero-order chi connectivity index (χ0) is 15.0. The number of hydrogen-bond acceptors (Lipinski definition) is 4. The molecule has 1 heterocycles. The molecule has 1 N–H and O–H groups in total. The fourth-order valence-electron chi connectivity index (χ4n) is 1.85. The minimum Gasteiger partial charge on any atom is -0.404 e.